The third-order valence-electron chi connectivity index (χ3n) is 4.55. The average Bonchev–Trinajstić information content (AvgIpc) is 2.91. The van der Waals surface area contributed by atoms with Gasteiger partial charge in [0.1, 0.15) is 4.75 Å². The van der Waals surface area contributed by atoms with Gasteiger partial charge in [0.2, 0.25) is 0 Å². The van der Waals surface area contributed by atoms with Crippen molar-refractivity contribution < 1.29 is 21.6 Å². The van der Waals surface area contributed by atoms with Gasteiger partial charge in [0.25, 0.3) is 19.7 Å². The third kappa shape index (κ3) is 3.07. The summed E-state index contributed by atoms with van der Waals surface area (Å²) >= 11 is 0. The Kier molecular flexibility index (Phi) is 4.72. The fourth-order valence-corrected chi connectivity index (χ4v) is 8.37. The number of allylic oxidation sites excluding steroid dienone is 3. The Labute approximate surface area is 137 Å². The normalized spacial score (nSPS) is 26.4. The Balaban J connectivity index is 2.54. The molecular weight excluding hydrogens is 336 g/mol. The molecule has 0 aromatic carbocycles. The Morgan fingerprint density at radius 2 is 1.78 bits per heavy atom. The van der Waals surface area contributed by atoms with Crippen molar-refractivity contribution in [2.75, 3.05) is 0 Å². The van der Waals surface area contributed by atoms with Crippen LogP contribution in [0.25, 0.3) is 5.53 Å². The number of hydrogen-bond acceptors (Lipinski definition) is 4. The molecule has 1 unspecified atom stereocenters. The molecule has 1 fully saturated rings. The number of hydrogen-bond donors (Lipinski definition) is 0. The van der Waals surface area contributed by atoms with Crippen LogP contribution in [0.2, 0.25) is 0 Å². The largest absolute Gasteiger partial charge is 0.496 e. The van der Waals surface area contributed by atoms with E-state index in [1.165, 1.54) is 13.0 Å². The molecule has 1 saturated carbocycles. The molecule has 0 aromatic rings. The van der Waals surface area contributed by atoms with Crippen molar-refractivity contribution in [2.45, 2.75) is 62.9 Å². The zero-order valence-electron chi connectivity index (χ0n) is 13.6. The highest BCUT2D eigenvalue weighted by Gasteiger charge is 2.55. The van der Waals surface area contributed by atoms with Gasteiger partial charge in [0.15, 0.2) is 0 Å². The summed E-state index contributed by atoms with van der Waals surface area (Å²) < 4.78 is 48.8. The first-order valence-electron chi connectivity index (χ1n) is 7.62. The van der Waals surface area contributed by atoms with Crippen molar-refractivity contribution in [1.29, 1.82) is 0 Å². The first-order chi connectivity index (χ1) is 10.5. The molecule has 6 nitrogen and oxygen atoms in total. The van der Waals surface area contributed by atoms with E-state index >= 15 is 0 Å². The lowest BCUT2D eigenvalue weighted by molar-refractivity contribution is 0.00360. The molecule has 128 valence electrons. The van der Waals surface area contributed by atoms with Gasteiger partial charge in [-0.05, 0) is 40.0 Å². The van der Waals surface area contributed by atoms with Gasteiger partial charge >= 0.3 is 4.38 Å². The van der Waals surface area contributed by atoms with E-state index in [-0.39, 0.29) is 6.42 Å². The van der Waals surface area contributed by atoms with E-state index in [4.69, 9.17) is 0 Å². The van der Waals surface area contributed by atoms with E-state index in [1.807, 2.05) is 6.08 Å². The summed E-state index contributed by atoms with van der Waals surface area (Å²) in [5.74, 6) is 0. The fraction of sp³-hybridized carbons (Fsp3) is 0.667. The number of sulfone groups is 2. The maximum absolute atomic E-state index is 13.0. The number of rotatable bonds is 2. The van der Waals surface area contributed by atoms with E-state index < -0.39 is 34.0 Å². The van der Waals surface area contributed by atoms with Crippen molar-refractivity contribution in [3.05, 3.63) is 28.8 Å². The van der Waals surface area contributed by atoms with Gasteiger partial charge in [0.05, 0.1) is 5.25 Å². The van der Waals surface area contributed by atoms with Gasteiger partial charge in [0, 0.05) is 0 Å². The fourth-order valence-electron chi connectivity index (χ4n) is 3.54. The SMILES string of the molecule is CC1=CC(C)(S(=O)(=O)C(=[N+]=[N-])S(=O)(=O)C2CCCC2)CC(C)=C1. The first kappa shape index (κ1) is 18.1. The highest BCUT2D eigenvalue weighted by atomic mass is 32.3. The van der Waals surface area contributed by atoms with Gasteiger partial charge in [-0.2, -0.15) is 0 Å². The molecule has 23 heavy (non-hydrogen) atoms. The van der Waals surface area contributed by atoms with Gasteiger partial charge in [-0.3, -0.25) is 0 Å². The molecule has 0 bridgehead atoms. The van der Waals surface area contributed by atoms with Gasteiger partial charge in [-0.25, -0.2) is 16.8 Å². The lowest BCUT2D eigenvalue weighted by Gasteiger charge is -2.28. The monoisotopic (exact) mass is 358 g/mol. The minimum Gasteiger partial charge on any atom is -0.359 e. The lowest BCUT2D eigenvalue weighted by atomic mass is 9.92. The van der Waals surface area contributed by atoms with E-state index in [9.17, 15) is 22.4 Å². The highest BCUT2D eigenvalue weighted by Crippen LogP contribution is 2.36. The van der Waals surface area contributed by atoms with Crippen LogP contribution in [-0.4, -0.2) is 36.0 Å². The quantitative estimate of drug-likeness (QED) is 0.327. The van der Waals surface area contributed by atoms with Crippen molar-refractivity contribution >= 4 is 24.1 Å². The Morgan fingerprint density at radius 1 is 1.22 bits per heavy atom. The van der Waals surface area contributed by atoms with Crippen molar-refractivity contribution in [3.8, 4) is 0 Å². The van der Waals surface area contributed by atoms with Crippen molar-refractivity contribution in [1.82, 2.24) is 0 Å². The van der Waals surface area contributed by atoms with Crippen LogP contribution < -0.4 is 0 Å². The highest BCUT2D eigenvalue weighted by molar-refractivity contribution is 8.31. The molecule has 0 saturated heterocycles. The van der Waals surface area contributed by atoms with Crippen LogP contribution in [0.4, 0.5) is 0 Å². The molecule has 2 rings (SSSR count). The summed E-state index contributed by atoms with van der Waals surface area (Å²) in [7, 11) is -8.51. The molecule has 0 amide bonds. The van der Waals surface area contributed by atoms with Gasteiger partial charge < -0.3 is 5.53 Å². The zero-order valence-corrected chi connectivity index (χ0v) is 15.2. The maximum atomic E-state index is 13.0. The minimum absolute atomic E-state index is 0.172. The van der Waals surface area contributed by atoms with Gasteiger partial charge in [-0.1, -0.05) is 36.1 Å². The van der Waals surface area contributed by atoms with E-state index in [1.54, 1.807) is 13.8 Å². The smallest absolute Gasteiger partial charge is 0.359 e. The molecule has 2 aliphatic rings. The van der Waals surface area contributed by atoms with Crippen LogP contribution in [0.1, 0.15) is 52.9 Å². The average molecular weight is 358 g/mol. The second-order valence-electron chi connectivity index (χ2n) is 6.69. The second-order valence-corrected chi connectivity index (χ2v) is 11.4. The Bertz CT molecular complexity index is 825. The topological polar surface area (TPSA) is 105 Å². The van der Waals surface area contributed by atoms with Crippen LogP contribution in [-0.2, 0) is 19.7 Å². The Morgan fingerprint density at radius 3 is 2.26 bits per heavy atom. The standard InChI is InChI=1S/C15H22N2O4S2/c1-11-8-12(2)10-15(3,9-11)23(20,21)14(17-16)22(18,19)13-6-4-5-7-13/h8-9,13H,4-7,10H2,1-3H3. The zero-order chi connectivity index (χ0) is 17.5. The predicted octanol–water partition coefficient (Wildman–Crippen LogP) is 2.40. The molecule has 1 atom stereocenters. The first-order valence-corrected chi connectivity index (χ1v) is 10.6. The molecule has 0 spiro atoms. The molecule has 2 aliphatic carbocycles. The summed E-state index contributed by atoms with van der Waals surface area (Å²) in [6.07, 6.45) is 5.85. The van der Waals surface area contributed by atoms with E-state index in [0.29, 0.717) is 12.8 Å². The molecule has 8 heteroatoms. The van der Waals surface area contributed by atoms with Crippen LogP contribution in [0.15, 0.2) is 23.3 Å². The Hall–Kier alpha value is -1.24. The summed E-state index contributed by atoms with van der Waals surface area (Å²) in [6, 6.07) is 0. The minimum atomic E-state index is -4.34. The molecule has 0 aromatic heterocycles. The van der Waals surface area contributed by atoms with E-state index in [2.05, 4.69) is 4.79 Å². The molecular formula is C15H22N2O4S2. The second kappa shape index (κ2) is 6.00. The predicted molar refractivity (Wildman–Crippen MR) is 89.3 cm³/mol. The summed E-state index contributed by atoms with van der Waals surface area (Å²) in [5.41, 5.74) is 10.8. The summed E-state index contributed by atoms with van der Waals surface area (Å²) in [5, 5.41) is -0.780. The third-order valence-corrected chi connectivity index (χ3v) is 9.85. The van der Waals surface area contributed by atoms with Crippen molar-refractivity contribution in [3.63, 3.8) is 0 Å². The van der Waals surface area contributed by atoms with Crippen LogP contribution >= 0.6 is 0 Å². The molecule has 0 aliphatic heterocycles. The van der Waals surface area contributed by atoms with Gasteiger partial charge in [-0.15, -0.1) is 4.79 Å². The van der Waals surface area contributed by atoms with Crippen LogP contribution in [0, 0.1) is 0 Å². The van der Waals surface area contributed by atoms with Crippen LogP contribution in [0.5, 0.6) is 0 Å². The number of nitrogens with zero attached hydrogens (tertiary/aromatic N) is 2. The van der Waals surface area contributed by atoms with Crippen molar-refractivity contribution in [2.24, 2.45) is 0 Å². The van der Waals surface area contributed by atoms with E-state index in [0.717, 1.165) is 24.0 Å². The molecule has 0 heterocycles. The van der Waals surface area contributed by atoms with Crippen LogP contribution in [0.3, 0.4) is 0 Å². The molecule has 0 radical (unpaired) electrons. The molecule has 0 N–H and O–H groups in total. The maximum Gasteiger partial charge on any atom is 0.496 e. The lowest BCUT2D eigenvalue weighted by Crippen LogP contribution is -2.45. The summed E-state index contributed by atoms with van der Waals surface area (Å²) in [4.78, 5) is 2.74. The summed E-state index contributed by atoms with van der Waals surface area (Å²) in [6.45, 7) is 5.03.